The Labute approximate surface area is 84.1 Å². The maximum absolute atomic E-state index is 5.75. The van der Waals surface area contributed by atoms with Crippen LogP contribution in [0.2, 0.25) is 0 Å². The van der Waals surface area contributed by atoms with Crippen LogP contribution in [-0.2, 0) is 5.41 Å². The summed E-state index contributed by atoms with van der Waals surface area (Å²) in [4.78, 5) is 3.18. The molecule has 0 aliphatic heterocycles. The molecule has 2 heteroatoms. The lowest BCUT2D eigenvalue weighted by molar-refractivity contribution is 0.540. The van der Waals surface area contributed by atoms with E-state index in [1.54, 1.807) is 0 Å². The maximum atomic E-state index is 5.75. The third-order valence-corrected chi connectivity index (χ3v) is 2.85. The fourth-order valence-electron chi connectivity index (χ4n) is 1.59. The topological polar surface area (TPSA) is 41.8 Å². The van der Waals surface area contributed by atoms with Crippen molar-refractivity contribution in [2.75, 3.05) is 6.54 Å². The van der Waals surface area contributed by atoms with Crippen LogP contribution in [0.1, 0.15) is 19.4 Å². The van der Waals surface area contributed by atoms with Crippen LogP contribution in [0.25, 0.3) is 10.9 Å². The van der Waals surface area contributed by atoms with E-state index < -0.39 is 0 Å². The second-order valence-electron chi connectivity index (χ2n) is 4.37. The Morgan fingerprint density at radius 1 is 1.29 bits per heavy atom. The molecule has 0 spiro atoms. The van der Waals surface area contributed by atoms with Crippen molar-refractivity contribution in [3.8, 4) is 0 Å². The first-order chi connectivity index (χ1) is 6.63. The van der Waals surface area contributed by atoms with Crippen molar-refractivity contribution in [1.29, 1.82) is 0 Å². The largest absolute Gasteiger partial charge is 0.361 e. The highest BCUT2D eigenvalue weighted by atomic mass is 14.7. The molecule has 14 heavy (non-hydrogen) atoms. The van der Waals surface area contributed by atoms with Gasteiger partial charge in [-0.2, -0.15) is 0 Å². The Bertz CT molecular complexity index is 440. The minimum Gasteiger partial charge on any atom is -0.361 e. The van der Waals surface area contributed by atoms with Crippen molar-refractivity contribution in [3.05, 3.63) is 36.0 Å². The molecule has 0 aliphatic rings. The number of H-pyrrole nitrogens is 1. The van der Waals surface area contributed by atoms with Crippen molar-refractivity contribution in [3.63, 3.8) is 0 Å². The summed E-state index contributed by atoms with van der Waals surface area (Å²) in [6, 6.07) is 8.55. The van der Waals surface area contributed by atoms with E-state index in [0.29, 0.717) is 6.54 Å². The fraction of sp³-hybridized carbons (Fsp3) is 0.333. The quantitative estimate of drug-likeness (QED) is 0.746. The molecule has 3 N–H and O–H groups in total. The fourth-order valence-corrected chi connectivity index (χ4v) is 1.59. The molecular formula is C12H16N2. The summed E-state index contributed by atoms with van der Waals surface area (Å²) in [5.41, 5.74) is 8.29. The Morgan fingerprint density at radius 3 is 2.79 bits per heavy atom. The number of hydrogen-bond donors (Lipinski definition) is 2. The Kier molecular flexibility index (Phi) is 2.08. The summed E-state index contributed by atoms with van der Waals surface area (Å²) < 4.78 is 0. The van der Waals surface area contributed by atoms with Gasteiger partial charge >= 0.3 is 0 Å². The minimum absolute atomic E-state index is 0.0610. The highest BCUT2D eigenvalue weighted by Gasteiger charge is 2.18. The molecule has 2 nitrogen and oxygen atoms in total. The van der Waals surface area contributed by atoms with Crippen LogP contribution in [0.3, 0.4) is 0 Å². The molecule has 0 unspecified atom stereocenters. The molecule has 0 amide bonds. The number of rotatable bonds is 2. The second-order valence-corrected chi connectivity index (χ2v) is 4.37. The summed E-state index contributed by atoms with van der Waals surface area (Å²) >= 11 is 0. The number of fused-ring (bicyclic) bond motifs is 1. The average molecular weight is 188 g/mol. The number of nitrogens with one attached hydrogen (secondary N) is 1. The number of benzene rings is 1. The van der Waals surface area contributed by atoms with Gasteiger partial charge in [0.05, 0.1) is 0 Å². The standard InChI is InChI=1S/C12H16N2/c1-12(2,8-13)10-3-4-11-9(7-10)5-6-14-11/h3-7,14H,8,13H2,1-2H3. The second kappa shape index (κ2) is 3.14. The van der Waals surface area contributed by atoms with Gasteiger partial charge in [0.15, 0.2) is 0 Å². The first kappa shape index (κ1) is 9.28. The lowest BCUT2D eigenvalue weighted by Gasteiger charge is -2.22. The predicted molar refractivity (Wildman–Crippen MR) is 60.4 cm³/mol. The van der Waals surface area contributed by atoms with Crippen LogP contribution < -0.4 is 5.73 Å². The predicted octanol–water partition coefficient (Wildman–Crippen LogP) is 2.40. The molecule has 0 radical (unpaired) electrons. The number of hydrogen-bond acceptors (Lipinski definition) is 1. The van der Waals surface area contributed by atoms with Crippen LogP contribution in [0.15, 0.2) is 30.5 Å². The van der Waals surface area contributed by atoms with Gasteiger partial charge in [-0.25, -0.2) is 0 Å². The Hall–Kier alpha value is -1.28. The Morgan fingerprint density at radius 2 is 2.07 bits per heavy atom. The highest BCUT2D eigenvalue weighted by molar-refractivity contribution is 5.80. The van der Waals surface area contributed by atoms with E-state index in [0.717, 1.165) is 0 Å². The molecule has 1 heterocycles. The van der Waals surface area contributed by atoms with Crippen molar-refractivity contribution >= 4 is 10.9 Å². The zero-order valence-electron chi connectivity index (χ0n) is 8.67. The van der Waals surface area contributed by atoms with E-state index in [-0.39, 0.29) is 5.41 Å². The van der Waals surface area contributed by atoms with Crippen LogP contribution in [0.4, 0.5) is 0 Å². The van der Waals surface area contributed by atoms with E-state index in [2.05, 4.69) is 43.1 Å². The van der Waals surface area contributed by atoms with Crippen LogP contribution in [0, 0.1) is 0 Å². The zero-order chi connectivity index (χ0) is 10.2. The monoisotopic (exact) mass is 188 g/mol. The van der Waals surface area contributed by atoms with E-state index in [1.165, 1.54) is 16.5 Å². The first-order valence-electron chi connectivity index (χ1n) is 4.91. The third-order valence-electron chi connectivity index (χ3n) is 2.85. The van der Waals surface area contributed by atoms with Crippen molar-refractivity contribution < 1.29 is 0 Å². The van der Waals surface area contributed by atoms with E-state index >= 15 is 0 Å². The van der Waals surface area contributed by atoms with E-state index in [1.807, 2.05) is 6.20 Å². The van der Waals surface area contributed by atoms with Gasteiger partial charge in [-0.1, -0.05) is 19.9 Å². The van der Waals surface area contributed by atoms with Gasteiger partial charge in [0.2, 0.25) is 0 Å². The first-order valence-corrected chi connectivity index (χ1v) is 4.91. The van der Waals surface area contributed by atoms with Gasteiger partial charge in [-0.05, 0) is 29.1 Å². The number of aromatic amines is 1. The van der Waals surface area contributed by atoms with Crippen molar-refractivity contribution in [2.45, 2.75) is 19.3 Å². The summed E-state index contributed by atoms with van der Waals surface area (Å²) in [6.45, 7) is 5.00. The Balaban J connectivity index is 2.53. The number of nitrogens with two attached hydrogens (primary N) is 1. The molecule has 2 aromatic rings. The smallest absolute Gasteiger partial charge is 0.0454 e. The molecular weight excluding hydrogens is 172 g/mol. The van der Waals surface area contributed by atoms with Gasteiger partial charge in [-0.3, -0.25) is 0 Å². The SMILES string of the molecule is CC(C)(CN)c1ccc2[nH]ccc2c1. The lowest BCUT2D eigenvalue weighted by atomic mass is 9.84. The summed E-state index contributed by atoms with van der Waals surface area (Å²) in [6.07, 6.45) is 1.96. The molecule has 1 aromatic heterocycles. The van der Waals surface area contributed by atoms with Gasteiger partial charge in [0, 0.05) is 23.7 Å². The molecule has 0 aliphatic carbocycles. The minimum atomic E-state index is 0.0610. The zero-order valence-corrected chi connectivity index (χ0v) is 8.67. The normalized spacial score (nSPS) is 12.2. The van der Waals surface area contributed by atoms with Gasteiger partial charge < -0.3 is 10.7 Å². The molecule has 2 rings (SSSR count). The van der Waals surface area contributed by atoms with Gasteiger partial charge in [-0.15, -0.1) is 0 Å². The van der Waals surface area contributed by atoms with Crippen molar-refractivity contribution in [1.82, 2.24) is 4.98 Å². The van der Waals surface area contributed by atoms with Gasteiger partial charge in [0.25, 0.3) is 0 Å². The molecule has 0 fully saturated rings. The van der Waals surface area contributed by atoms with Crippen LogP contribution in [-0.4, -0.2) is 11.5 Å². The van der Waals surface area contributed by atoms with Gasteiger partial charge in [0.1, 0.15) is 0 Å². The van der Waals surface area contributed by atoms with Crippen LogP contribution >= 0.6 is 0 Å². The summed E-state index contributed by atoms with van der Waals surface area (Å²) in [7, 11) is 0. The number of aromatic nitrogens is 1. The molecule has 0 atom stereocenters. The lowest BCUT2D eigenvalue weighted by Crippen LogP contribution is -2.27. The summed E-state index contributed by atoms with van der Waals surface area (Å²) in [5.74, 6) is 0. The third kappa shape index (κ3) is 1.42. The highest BCUT2D eigenvalue weighted by Crippen LogP contribution is 2.25. The maximum Gasteiger partial charge on any atom is 0.0454 e. The molecule has 74 valence electrons. The average Bonchev–Trinajstić information content (AvgIpc) is 2.64. The van der Waals surface area contributed by atoms with E-state index in [4.69, 9.17) is 5.73 Å². The van der Waals surface area contributed by atoms with E-state index in [9.17, 15) is 0 Å². The molecule has 0 saturated carbocycles. The van der Waals surface area contributed by atoms with Crippen molar-refractivity contribution in [2.24, 2.45) is 5.73 Å². The summed E-state index contributed by atoms with van der Waals surface area (Å²) in [5, 5.41) is 1.25. The van der Waals surface area contributed by atoms with Crippen LogP contribution in [0.5, 0.6) is 0 Å². The molecule has 0 saturated heterocycles. The molecule has 1 aromatic carbocycles. The molecule has 0 bridgehead atoms.